The maximum absolute atomic E-state index is 9.77. The van der Waals surface area contributed by atoms with Gasteiger partial charge in [-0.15, -0.1) is 0 Å². The second-order valence-corrected chi connectivity index (χ2v) is 5.43. The minimum absolute atomic E-state index is 0.353. The number of aliphatic hydroxyl groups is 1. The fraction of sp³-hybridized carbons (Fsp3) is 1.00. The molecule has 1 saturated heterocycles. The molecule has 17 heavy (non-hydrogen) atoms. The number of nitrogens with zero attached hydrogens (tertiary/aromatic N) is 1. The van der Waals surface area contributed by atoms with E-state index in [2.05, 4.69) is 4.90 Å². The van der Waals surface area contributed by atoms with E-state index in [0.29, 0.717) is 12.6 Å². The Morgan fingerprint density at radius 3 is 2.53 bits per heavy atom. The van der Waals surface area contributed by atoms with Gasteiger partial charge in [0.05, 0.1) is 11.7 Å². The Kier molecular flexibility index (Phi) is 6.41. The minimum atomic E-state index is -0.678. The van der Waals surface area contributed by atoms with Crippen molar-refractivity contribution in [1.82, 2.24) is 4.90 Å². The lowest BCUT2D eigenvalue weighted by molar-refractivity contribution is 0.0379. The van der Waals surface area contributed by atoms with Gasteiger partial charge in [-0.2, -0.15) is 0 Å². The fourth-order valence-corrected chi connectivity index (χ4v) is 2.31. The summed E-state index contributed by atoms with van der Waals surface area (Å²) >= 11 is 0. The van der Waals surface area contributed by atoms with Crippen LogP contribution in [0.5, 0.6) is 0 Å². The molecule has 0 radical (unpaired) electrons. The molecule has 0 aromatic carbocycles. The first-order valence-corrected chi connectivity index (χ1v) is 6.75. The summed E-state index contributed by atoms with van der Waals surface area (Å²) in [4.78, 5) is 2.49. The van der Waals surface area contributed by atoms with Crippen LogP contribution >= 0.6 is 0 Å². The van der Waals surface area contributed by atoms with Gasteiger partial charge < -0.3 is 20.5 Å². The first-order valence-electron chi connectivity index (χ1n) is 6.75. The summed E-state index contributed by atoms with van der Waals surface area (Å²) in [7, 11) is 1.80. The van der Waals surface area contributed by atoms with Gasteiger partial charge in [-0.05, 0) is 45.6 Å². The van der Waals surface area contributed by atoms with Crippen molar-refractivity contribution in [2.75, 3.05) is 33.3 Å². The normalized spacial score (nSPS) is 22.6. The van der Waals surface area contributed by atoms with Gasteiger partial charge in [0.25, 0.3) is 0 Å². The quantitative estimate of drug-likeness (QED) is 0.655. The van der Waals surface area contributed by atoms with Crippen molar-refractivity contribution in [1.29, 1.82) is 0 Å². The standard InChI is InChI=1S/C13H28N2O2/c1-13(16,11-14)7-3-4-8-15-9-5-12(17-2)6-10-15/h12,16H,3-11,14H2,1-2H3. The van der Waals surface area contributed by atoms with Gasteiger partial charge in [0.15, 0.2) is 0 Å². The molecule has 0 bridgehead atoms. The second-order valence-electron chi connectivity index (χ2n) is 5.43. The molecule has 0 aliphatic carbocycles. The third kappa shape index (κ3) is 5.82. The van der Waals surface area contributed by atoms with Crippen molar-refractivity contribution in [3.05, 3.63) is 0 Å². The molecule has 1 unspecified atom stereocenters. The van der Waals surface area contributed by atoms with Crippen LogP contribution in [0.15, 0.2) is 0 Å². The number of unbranched alkanes of at least 4 members (excludes halogenated alkanes) is 1. The van der Waals surface area contributed by atoms with Crippen molar-refractivity contribution >= 4 is 0 Å². The zero-order valence-corrected chi connectivity index (χ0v) is 11.3. The van der Waals surface area contributed by atoms with Crippen molar-refractivity contribution < 1.29 is 9.84 Å². The molecule has 0 saturated carbocycles. The summed E-state index contributed by atoms with van der Waals surface area (Å²) < 4.78 is 5.35. The molecule has 4 heteroatoms. The molecule has 1 aliphatic rings. The lowest BCUT2D eigenvalue weighted by Crippen LogP contribution is -2.37. The summed E-state index contributed by atoms with van der Waals surface area (Å²) in [6, 6.07) is 0. The number of likely N-dealkylation sites (tertiary alicyclic amines) is 1. The molecular weight excluding hydrogens is 216 g/mol. The Balaban J connectivity index is 2.04. The predicted molar refractivity (Wildman–Crippen MR) is 70.0 cm³/mol. The summed E-state index contributed by atoms with van der Waals surface area (Å²) in [5, 5.41) is 9.77. The van der Waals surface area contributed by atoms with E-state index in [0.717, 1.165) is 51.7 Å². The van der Waals surface area contributed by atoms with Crippen molar-refractivity contribution in [2.24, 2.45) is 5.73 Å². The zero-order chi connectivity index (χ0) is 12.7. The van der Waals surface area contributed by atoms with Crippen LogP contribution in [0.3, 0.4) is 0 Å². The molecule has 0 amide bonds. The summed E-state index contributed by atoms with van der Waals surface area (Å²) in [6.07, 6.45) is 5.76. The molecule has 1 heterocycles. The van der Waals surface area contributed by atoms with E-state index in [1.54, 1.807) is 7.11 Å². The fourth-order valence-electron chi connectivity index (χ4n) is 2.31. The third-order valence-electron chi connectivity index (χ3n) is 3.75. The lowest BCUT2D eigenvalue weighted by Gasteiger charge is -2.31. The minimum Gasteiger partial charge on any atom is -0.389 e. The van der Waals surface area contributed by atoms with Crippen LogP contribution in [0.1, 0.15) is 39.0 Å². The van der Waals surface area contributed by atoms with E-state index in [1.807, 2.05) is 6.92 Å². The van der Waals surface area contributed by atoms with Gasteiger partial charge >= 0.3 is 0 Å². The Bertz CT molecular complexity index is 202. The largest absolute Gasteiger partial charge is 0.389 e. The molecule has 1 aliphatic heterocycles. The van der Waals surface area contributed by atoms with Gasteiger partial charge in [0, 0.05) is 26.7 Å². The Morgan fingerprint density at radius 2 is 2.00 bits per heavy atom. The topological polar surface area (TPSA) is 58.7 Å². The number of methoxy groups -OCH3 is 1. The molecule has 1 atom stereocenters. The predicted octanol–water partition coefficient (Wildman–Crippen LogP) is 0.977. The van der Waals surface area contributed by atoms with Crippen LogP contribution in [0.2, 0.25) is 0 Å². The number of rotatable bonds is 7. The zero-order valence-electron chi connectivity index (χ0n) is 11.3. The Morgan fingerprint density at radius 1 is 1.35 bits per heavy atom. The van der Waals surface area contributed by atoms with Crippen molar-refractivity contribution in [3.63, 3.8) is 0 Å². The van der Waals surface area contributed by atoms with E-state index in [4.69, 9.17) is 10.5 Å². The van der Waals surface area contributed by atoms with Crippen molar-refractivity contribution in [3.8, 4) is 0 Å². The molecule has 3 N–H and O–H groups in total. The summed E-state index contributed by atoms with van der Waals surface area (Å²) in [6.45, 7) is 5.60. The van der Waals surface area contributed by atoms with Gasteiger partial charge in [-0.1, -0.05) is 0 Å². The van der Waals surface area contributed by atoms with E-state index >= 15 is 0 Å². The summed E-state index contributed by atoms with van der Waals surface area (Å²) in [5.41, 5.74) is 4.81. The monoisotopic (exact) mass is 244 g/mol. The highest BCUT2D eigenvalue weighted by Crippen LogP contribution is 2.15. The maximum atomic E-state index is 9.77. The third-order valence-corrected chi connectivity index (χ3v) is 3.75. The number of piperidine rings is 1. The van der Waals surface area contributed by atoms with Crippen LogP contribution in [0.25, 0.3) is 0 Å². The number of nitrogens with two attached hydrogens (primary N) is 1. The molecule has 1 rings (SSSR count). The van der Waals surface area contributed by atoms with Crippen molar-refractivity contribution in [2.45, 2.75) is 50.7 Å². The molecular formula is C13H28N2O2. The van der Waals surface area contributed by atoms with Gasteiger partial charge in [0.1, 0.15) is 0 Å². The molecule has 0 aromatic rings. The average molecular weight is 244 g/mol. The molecule has 0 spiro atoms. The van der Waals surface area contributed by atoms with Gasteiger partial charge in [0.2, 0.25) is 0 Å². The molecule has 4 nitrogen and oxygen atoms in total. The molecule has 102 valence electrons. The van der Waals surface area contributed by atoms with Gasteiger partial charge in [-0.3, -0.25) is 0 Å². The lowest BCUT2D eigenvalue weighted by atomic mass is 9.99. The Hall–Kier alpha value is -0.160. The molecule has 0 aromatic heterocycles. The van der Waals surface area contributed by atoms with E-state index in [1.165, 1.54) is 0 Å². The Labute approximate surface area is 105 Å². The summed E-state index contributed by atoms with van der Waals surface area (Å²) in [5.74, 6) is 0. The first kappa shape index (κ1) is 14.9. The van der Waals surface area contributed by atoms with Gasteiger partial charge in [-0.25, -0.2) is 0 Å². The van der Waals surface area contributed by atoms with E-state index < -0.39 is 5.60 Å². The average Bonchev–Trinajstić information content (AvgIpc) is 2.35. The van der Waals surface area contributed by atoms with E-state index in [-0.39, 0.29) is 0 Å². The van der Waals surface area contributed by atoms with Crippen LogP contribution in [-0.2, 0) is 4.74 Å². The van der Waals surface area contributed by atoms with Crippen LogP contribution in [-0.4, -0.2) is 55.0 Å². The van der Waals surface area contributed by atoms with Crippen LogP contribution in [0.4, 0.5) is 0 Å². The number of hydrogen-bond donors (Lipinski definition) is 2. The highest BCUT2D eigenvalue weighted by atomic mass is 16.5. The maximum Gasteiger partial charge on any atom is 0.0741 e. The highest BCUT2D eigenvalue weighted by Gasteiger charge is 2.19. The van der Waals surface area contributed by atoms with Crippen LogP contribution in [0, 0.1) is 0 Å². The highest BCUT2D eigenvalue weighted by molar-refractivity contribution is 4.75. The van der Waals surface area contributed by atoms with Crippen LogP contribution < -0.4 is 5.73 Å². The molecule has 1 fully saturated rings. The van der Waals surface area contributed by atoms with E-state index in [9.17, 15) is 5.11 Å². The second kappa shape index (κ2) is 7.31. The first-order chi connectivity index (χ1) is 8.07. The number of ether oxygens (including phenoxy) is 1. The number of hydrogen-bond acceptors (Lipinski definition) is 4. The SMILES string of the molecule is COC1CCN(CCCCC(C)(O)CN)CC1. The smallest absolute Gasteiger partial charge is 0.0741 e.